The Morgan fingerprint density at radius 1 is 1.69 bits per heavy atom. The second-order valence-corrected chi connectivity index (χ2v) is 3.33. The molecule has 0 saturated carbocycles. The molecule has 6 heteroatoms. The van der Waals surface area contributed by atoms with E-state index in [1.165, 1.54) is 18.2 Å². The van der Waals surface area contributed by atoms with Crippen molar-refractivity contribution in [3.05, 3.63) is 33.9 Å². The van der Waals surface area contributed by atoms with Crippen molar-refractivity contribution in [2.45, 2.75) is 13.0 Å². The van der Waals surface area contributed by atoms with Crippen molar-refractivity contribution < 1.29 is 10.0 Å². The zero-order valence-electron chi connectivity index (χ0n) is 8.67. The van der Waals surface area contributed by atoms with Crippen LogP contribution in [0.15, 0.2) is 18.2 Å². The molecule has 0 unspecified atom stereocenters. The molecular weight excluding hydrogens is 210 g/mol. The fourth-order valence-electron chi connectivity index (χ4n) is 1.15. The van der Waals surface area contributed by atoms with Crippen molar-refractivity contribution in [2.24, 2.45) is 0 Å². The van der Waals surface area contributed by atoms with Gasteiger partial charge < -0.3 is 10.4 Å². The molecule has 0 saturated heterocycles. The molecule has 0 spiro atoms. The number of hydrogen-bond acceptors (Lipinski definition) is 5. The van der Waals surface area contributed by atoms with Crippen LogP contribution < -0.4 is 5.32 Å². The molecule has 6 nitrogen and oxygen atoms in total. The van der Waals surface area contributed by atoms with Crippen molar-refractivity contribution in [2.75, 3.05) is 11.9 Å². The summed E-state index contributed by atoms with van der Waals surface area (Å²) in [4.78, 5) is 9.93. The van der Waals surface area contributed by atoms with Crippen LogP contribution in [0.5, 0.6) is 0 Å². The number of nitrogens with one attached hydrogen (secondary N) is 1. The van der Waals surface area contributed by atoms with Gasteiger partial charge in [0, 0.05) is 18.7 Å². The van der Waals surface area contributed by atoms with Gasteiger partial charge in [-0.25, -0.2) is 0 Å². The first-order valence-electron chi connectivity index (χ1n) is 4.65. The molecule has 0 aromatic heterocycles. The fraction of sp³-hybridized carbons (Fsp3) is 0.300. The van der Waals surface area contributed by atoms with Gasteiger partial charge in [-0.05, 0) is 13.0 Å². The normalized spacial score (nSPS) is 11.6. The Morgan fingerprint density at radius 3 is 2.88 bits per heavy atom. The summed E-state index contributed by atoms with van der Waals surface area (Å²) < 4.78 is 0. The number of aliphatic hydroxyl groups excluding tert-OH is 1. The first-order valence-corrected chi connectivity index (χ1v) is 4.65. The van der Waals surface area contributed by atoms with Crippen LogP contribution in [0.1, 0.15) is 12.5 Å². The van der Waals surface area contributed by atoms with Gasteiger partial charge in [-0.3, -0.25) is 10.1 Å². The molecule has 1 aromatic rings. The first-order chi connectivity index (χ1) is 7.54. The number of nitro groups is 1. The zero-order chi connectivity index (χ0) is 12.1. The fourth-order valence-corrected chi connectivity index (χ4v) is 1.15. The number of nitrogens with zero attached hydrogens (tertiary/aromatic N) is 2. The molecule has 84 valence electrons. The smallest absolute Gasteiger partial charge is 0.270 e. The summed E-state index contributed by atoms with van der Waals surface area (Å²) >= 11 is 0. The van der Waals surface area contributed by atoms with Crippen LogP contribution >= 0.6 is 0 Å². The van der Waals surface area contributed by atoms with E-state index in [1.54, 1.807) is 6.92 Å². The molecule has 0 fully saturated rings. The number of non-ortho nitro benzene ring substituents is 1. The Bertz CT molecular complexity index is 437. The third-order valence-corrected chi connectivity index (χ3v) is 1.92. The lowest BCUT2D eigenvalue weighted by atomic mass is 10.1. The van der Waals surface area contributed by atoms with Gasteiger partial charge in [0.1, 0.15) is 6.07 Å². The molecular formula is C10H11N3O3. The second kappa shape index (κ2) is 5.09. The minimum absolute atomic E-state index is 0.126. The van der Waals surface area contributed by atoms with Gasteiger partial charge >= 0.3 is 0 Å². The zero-order valence-corrected chi connectivity index (χ0v) is 8.67. The summed E-state index contributed by atoms with van der Waals surface area (Å²) in [5, 5.41) is 31.2. The number of anilines is 1. The highest BCUT2D eigenvalue weighted by Crippen LogP contribution is 2.21. The van der Waals surface area contributed by atoms with Gasteiger partial charge in [-0.1, -0.05) is 0 Å². The van der Waals surface area contributed by atoms with Gasteiger partial charge in [0.2, 0.25) is 0 Å². The lowest BCUT2D eigenvalue weighted by Gasteiger charge is -2.09. The lowest BCUT2D eigenvalue weighted by molar-refractivity contribution is -0.384. The second-order valence-electron chi connectivity index (χ2n) is 3.33. The number of hydrogen-bond donors (Lipinski definition) is 2. The third-order valence-electron chi connectivity index (χ3n) is 1.92. The molecule has 0 aliphatic rings. The Kier molecular flexibility index (Phi) is 3.80. The molecule has 1 rings (SSSR count). The summed E-state index contributed by atoms with van der Waals surface area (Å²) in [7, 11) is 0. The number of benzene rings is 1. The Hall–Kier alpha value is -2.13. The van der Waals surface area contributed by atoms with Crippen molar-refractivity contribution >= 4 is 11.4 Å². The highest BCUT2D eigenvalue weighted by Gasteiger charge is 2.10. The average molecular weight is 221 g/mol. The van der Waals surface area contributed by atoms with E-state index < -0.39 is 11.0 Å². The number of nitriles is 1. The van der Waals surface area contributed by atoms with Crippen molar-refractivity contribution in [3.8, 4) is 6.07 Å². The van der Waals surface area contributed by atoms with E-state index in [0.717, 1.165) is 0 Å². The standard InChI is InChI=1S/C10H11N3O3/c1-7(14)6-12-10-3-2-9(13(15)16)4-8(10)5-11/h2-4,7,12,14H,6H2,1H3/t7-/m1/s1. The van der Waals surface area contributed by atoms with Gasteiger partial charge in [-0.2, -0.15) is 5.26 Å². The minimum Gasteiger partial charge on any atom is -0.392 e. The summed E-state index contributed by atoms with van der Waals surface area (Å²) in [6, 6.07) is 5.83. The maximum absolute atomic E-state index is 10.5. The van der Waals surface area contributed by atoms with Crippen molar-refractivity contribution in [3.63, 3.8) is 0 Å². The Labute approximate surface area is 92.3 Å². The van der Waals surface area contributed by atoms with E-state index in [2.05, 4.69) is 5.32 Å². The molecule has 0 aliphatic heterocycles. The van der Waals surface area contributed by atoms with Gasteiger partial charge in [0.15, 0.2) is 0 Å². The van der Waals surface area contributed by atoms with E-state index in [0.29, 0.717) is 5.69 Å². The van der Waals surface area contributed by atoms with Crippen LogP contribution in [0.2, 0.25) is 0 Å². The summed E-state index contributed by atoms with van der Waals surface area (Å²) in [6.07, 6.45) is -0.554. The largest absolute Gasteiger partial charge is 0.392 e. The van der Waals surface area contributed by atoms with E-state index in [9.17, 15) is 10.1 Å². The maximum Gasteiger partial charge on any atom is 0.270 e. The van der Waals surface area contributed by atoms with Crippen LogP contribution in [0.4, 0.5) is 11.4 Å². The Morgan fingerprint density at radius 2 is 2.38 bits per heavy atom. The SMILES string of the molecule is C[C@@H](O)CNc1ccc([N+](=O)[O-])cc1C#N. The third kappa shape index (κ3) is 2.93. The summed E-state index contributed by atoms with van der Waals surface area (Å²) in [5.41, 5.74) is 0.544. The summed E-state index contributed by atoms with van der Waals surface area (Å²) in [5.74, 6) is 0. The van der Waals surface area contributed by atoms with Gasteiger partial charge in [0.05, 0.1) is 22.3 Å². The molecule has 0 radical (unpaired) electrons. The number of aliphatic hydroxyl groups is 1. The predicted molar refractivity (Wildman–Crippen MR) is 58.0 cm³/mol. The average Bonchev–Trinajstić information content (AvgIpc) is 2.25. The van der Waals surface area contributed by atoms with Gasteiger partial charge in [0.25, 0.3) is 5.69 Å². The molecule has 1 atom stereocenters. The lowest BCUT2D eigenvalue weighted by Crippen LogP contribution is -2.15. The Balaban J connectivity index is 2.94. The van der Waals surface area contributed by atoms with E-state index >= 15 is 0 Å². The number of rotatable bonds is 4. The quantitative estimate of drug-likeness (QED) is 0.589. The molecule has 0 heterocycles. The highest BCUT2D eigenvalue weighted by molar-refractivity contribution is 5.61. The molecule has 0 bridgehead atoms. The highest BCUT2D eigenvalue weighted by atomic mass is 16.6. The van der Waals surface area contributed by atoms with Crippen LogP contribution in [-0.4, -0.2) is 22.7 Å². The molecule has 1 aromatic carbocycles. The minimum atomic E-state index is -0.556. The molecule has 2 N–H and O–H groups in total. The van der Waals surface area contributed by atoms with E-state index in [1.807, 2.05) is 6.07 Å². The summed E-state index contributed by atoms with van der Waals surface area (Å²) in [6.45, 7) is 1.89. The van der Waals surface area contributed by atoms with Crippen LogP contribution in [0, 0.1) is 21.4 Å². The van der Waals surface area contributed by atoms with E-state index in [-0.39, 0.29) is 17.8 Å². The van der Waals surface area contributed by atoms with E-state index in [4.69, 9.17) is 10.4 Å². The topological polar surface area (TPSA) is 99.2 Å². The van der Waals surface area contributed by atoms with Crippen molar-refractivity contribution in [1.82, 2.24) is 0 Å². The monoisotopic (exact) mass is 221 g/mol. The van der Waals surface area contributed by atoms with Crippen molar-refractivity contribution in [1.29, 1.82) is 5.26 Å². The van der Waals surface area contributed by atoms with Crippen LogP contribution in [-0.2, 0) is 0 Å². The van der Waals surface area contributed by atoms with Gasteiger partial charge in [-0.15, -0.1) is 0 Å². The maximum atomic E-state index is 10.5. The molecule has 16 heavy (non-hydrogen) atoms. The van der Waals surface area contributed by atoms with Crippen LogP contribution in [0.3, 0.4) is 0 Å². The predicted octanol–water partition coefficient (Wildman–Crippen LogP) is 1.26. The number of nitro benzene ring substituents is 1. The molecule has 0 aliphatic carbocycles. The first kappa shape index (κ1) is 11.9. The van der Waals surface area contributed by atoms with Crippen LogP contribution in [0.25, 0.3) is 0 Å². The molecule has 0 amide bonds.